The zero-order valence-corrected chi connectivity index (χ0v) is 28.8. The first-order valence-corrected chi connectivity index (χ1v) is 17.0. The van der Waals surface area contributed by atoms with Crippen molar-refractivity contribution in [3.63, 3.8) is 0 Å². The number of anilines is 3. The third kappa shape index (κ3) is 9.64. The third-order valence-electron chi connectivity index (χ3n) is 9.15. The summed E-state index contributed by atoms with van der Waals surface area (Å²) in [5, 5.41) is 8.88. The van der Waals surface area contributed by atoms with Crippen molar-refractivity contribution in [2.24, 2.45) is 0 Å². The molecule has 1 fully saturated rings. The molecule has 5 rings (SSSR count). The van der Waals surface area contributed by atoms with Crippen LogP contribution in [0.5, 0.6) is 0 Å². The number of hydrogen-bond acceptors (Lipinski definition) is 8. The fraction of sp³-hybridized carbons (Fsp3) is 0.486. The van der Waals surface area contributed by atoms with Crippen molar-refractivity contribution in [1.29, 1.82) is 0 Å². The van der Waals surface area contributed by atoms with Crippen molar-refractivity contribution >= 4 is 29.4 Å². The third-order valence-corrected chi connectivity index (χ3v) is 9.15. The lowest BCUT2D eigenvalue weighted by Crippen LogP contribution is -2.48. The second-order valence-electron chi connectivity index (χ2n) is 12.8. The number of fused-ring (bicyclic) bond motifs is 1. The maximum atomic E-state index is 14.2. The van der Waals surface area contributed by atoms with Crippen molar-refractivity contribution in [2.75, 3.05) is 47.6 Å². The summed E-state index contributed by atoms with van der Waals surface area (Å²) in [5.41, 5.74) is -4.37. The Morgan fingerprint density at radius 2 is 1.50 bits per heavy atom. The van der Waals surface area contributed by atoms with Gasteiger partial charge in [0.1, 0.15) is 0 Å². The summed E-state index contributed by atoms with van der Waals surface area (Å²) in [5.74, 6) is -1.25. The van der Waals surface area contributed by atoms with Gasteiger partial charge in [0, 0.05) is 32.1 Å². The minimum absolute atomic E-state index is 0.0226. The number of carboxylic acid groups (broad SMARTS) is 1. The van der Waals surface area contributed by atoms with E-state index in [0.29, 0.717) is 44.1 Å². The van der Waals surface area contributed by atoms with Crippen LogP contribution in [0.1, 0.15) is 72.9 Å². The normalized spacial score (nSPS) is 18.0. The maximum Gasteiger partial charge on any atom is 0.416 e. The number of carbonyl (C=O) groups is 2. The number of aliphatic carboxylic acids is 1. The number of benzene rings is 2. The first kappa shape index (κ1) is 40.4. The van der Waals surface area contributed by atoms with Crippen LogP contribution in [-0.4, -0.2) is 66.1 Å². The van der Waals surface area contributed by atoms with Gasteiger partial charge >= 0.3 is 30.6 Å². The molecule has 1 N–H and O–H groups in total. The van der Waals surface area contributed by atoms with Gasteiger partial charge in [-0.15, -0.1) is 0 Å². The SMILES string of the molecule is CC[C@@H]1C[C@H](N(Cc2cc(C(F)(F)F)cc(C(F)(F)F)c2)c2ncc(N3CCOCC3)cn2)c2cc(C(F)(F)F)ccc2N1C(=O)OCCCCC(=O)O. The van der Waals surface area contributed by atoms with Gasteiger partial charge in [-0.3, -0.25) is 9.69 Å². The first-order valence-electron chi connectivity index (χ1n) is 17.0. The number of rotatable bonds is 11. The molecule has 54 heavy (non-hydrogen) atoms. The molecule has 2 aliphatic heterocycles. The summed E-state index contributed by atoms with van der Waals surface area (Å²) in [6.07, 6.45) is -13.1. The number of aromatic nitrogens is 2. The average Bonchev–Trinajstić information content (AvgIpc) is 3.12. The molecule has 1 amide bonds. The summed E-state index contributed by atoms with van der Waals surface area (Å²) < 4.78 is 137. The van der Waals surface area contributed by atoms with E-state index in [4.69, 9.17) is 14.6 Å². The number of carbonyl (C=O) groups excluding carboxylic acids is 1. The van der Waals surface area contributed by atoms with Crippen molar-refractivity contribution in [3.8, 4) is 0 Å². The molecule has 1 aromatic heterocycles. The molecular weight excluding hydrogens is 741 g/mol. The highest BCUT2D eigenvalue weighted by atomic mass is 19.4. The van der Waals surface area contributed by atoms with Crippen molar-refractivity contribution in [1.82, 2.24) is 9.97 Å². The second-order valence-corrected chi connectivity index (χ2v) is 12.8. The van der Waals surface area contributed by atoms with Gasteiger partial charge in [0.2, 0.25) is 5.95 Å². The molecule has 10 nitrogen and oxygen atoms in total. The standard InChI is InChI=1S/C35H36F9N5O5/c1-2-25-17-29(27-16-22(33(36,37)38)6-7-28(27)49(25)32(52)54-10-4-3-5-30(50)51)48(31-45-18-26(19-46-31)47-8-11-53-12-9-47)20-21-13-23(34(39,40)41)15-24(14-21)35(42,43)44/h6-7,13-16,18-19,25,29H,2-5,8-12,17,20H2,1H3,(H,50,51)/t25-,29+/m1/s1. The molecule has 0 aliphatic carbocycles. The van der Waals surface area contributed by atoms with E-state index in [1.54, 1.807) is 6.92 Å². The number of morpholine rings is 1. The van der Waals surface area contributed by atoms with E-state index in [9.17, 15) is 49.1 Å². The first-order chi connectivity index (χ1) is 25.4. The van der Waals surface area contributed by atoms with E-state index in [1.807, 2.05) is 4.90 Å². The number of amides is 1. The van der Waals surface area contributed by atoms with Gasteiger partial charge in [0.15, 0.2) is 0 Å². The highest BCUT2D eigenvalue weighted by Crippen LogP contribution is 2.46. The molecule has 0 saturated carbocycles. The molecule has 2 atom stereocenters. The number of unbranched alkanes of at least 4 members (excludes halogenated alkanes) is 1. The molecule has 19 heteroatoms. The van der Waals surface area contributed by atoms with Gasteiger partial charge in [-0.1, -0.05) is 6.92 Å². The van der Waals surface area contributed by atoms with E-state index in [-0.39, 0.29) is 62.0 Å². The van der Waals surface area contributed by atoms with Crippen LogP contribution in [0.25, 0.3) is 0 Å². The molecule has 0 unspecified atom stereocenters. The van der Waals surface area contributed by atoms with Gasteiger partial charge in [-0.2, -0.15) is 39.5 Å². The number of carboxylic acids is 1. The zero-order chi connectivity index (χ0) is 39.4. The largest absolute Gasteiger partial charge is 0.481 e. The predicted octanol–water partition coefficient (Wildman–Crippen LogP) is 8.50. The number of alkyl halides is 9. The van der Waals surface area contributed by atoms with E-state index >= 15 is 0 Å². The number of halogens is 9. The number of ether oxygens (including phenoxy) is 2. The Hall–Kier alpha value is -4.81. The van der Waals surface area contributed by atoms with Crippen LogP contribution in [-0.2, 0) is 39.3 Å². The summed E-state index contributed by atoms with van der Waals surface area (Å²) in [6, 6.07) is 1.65. The minimum atomic E-state index is -5.17. The van der Waals surface area contributed by atoms with Gasteiger partial charge in [0.05, 0.1) is 66.3 Å². The number of hydrogen-bond donors (Lipinski definition) is 1. The fourth-order valence-electron chi connectivity index (χ4n) is 6.48. The van der Waals surface area contributed by atoms with Crippen LogP contribution < -0.4 is 14.7 Å². The van der Waals surface area contributed by atoms with Crippen molar-refractivity contribution in [2.45, 2.75) is 76.2 Å². The van der Waals surface area contributed by atoms with Crippen LogP contribution >= 0.6 is 0 Å². The van der Waals surface area contributed by atoms with E-state index < -0.39 is 71.5 Å². The lowest BCUT2D eigenvalue weighted by molar-refractivity contribution is -0.143. The van der Waals surface area contributed by atoms with Gasteiger partial charge < -0.3 is 24.4 Å². The Balaban J connectivity index is 1.63. The summed E-state index contributed by atoms with van der Waals surface area (Å²) in [6.45, 7) is 2.58. The fourth-order valence-corrected chi connectivity index (χ4v) is 6.48. The Morgan fingerprint density at radius 1 is 0.889 bits per heavy atom. The highest BCUT2D eigenvalue weighted by Gasteiger charge is 2.43. The van der Waals surface area contributed by atoms with E-state index in [0.717, 1.165) is 23.1 Å². The molecule has 3 heterocycles. The molecular formula is C35H36F9N5O5. The maximum absolute atomic E-state index is 14.2. The highest BCUT2D eigenvalue weighted by molar-refractivity contribution is 5.90. The second kappa shape index (κ2) is 16.3. The van der Waals surface area contributed by atoms with E-state index in [2.05, 4.69) is 9.97 Å². The summed E-state index contributed by atoms with van der Waals surface area (Å²) in [4.78, 5) is 37.5. The van der Waals surface area contributed by atoms with Crippen LogP contribution in [0.3, 0.4) is 0 Å². The van der Waals surface area contributed by atoms with Crippen molar-refractivity contribution < 1.29 is 63.7 Å². The van der Waals surface area contributed by atoms with Crippen LogP contribution in [0.15, 0.2) is 48.8 Å². The molecule has 0 bridgehead atoms. The Labute approximate surface area is 303 Å². The Kier molecular flexibility index (Phi) is 12.2. The van der Waals surface area contributed by atoms with Crippen LogP contribution in [0.2, 0.25) is 0 Å². The predicted molar refractivity (Wildman–Crippen MR) is 176 cm³/mol. The summed E-state index contributed by atoms with van der Waals surface area (Å²) in [7, 11) is 0. The molecule has 0 radical (unpaired) electrons. The summed E-state index contributed by atoms with van der Waals surface area (Å²) >= 11 is 0. The van der Waals surface area contributed by atoms with Crippen LogP contribution in [0.4, 0.5) is 61.6 Å². The lowest BCUT2D eigenvalue weighted by atomic mass is 9.87. The quantitative estimate of drug-likeness (QED) is 0.152. The Morgan fingerprint density at radius 3 is 2.06 bits per heavy atom. The lowest BCUT2D eigenvalue weighted by Gasteiger charge is -2.44. The monoisotopic (exact) mass is 777 g/mol. The molecule has 3 aromatic rings. The molecule has 294 valence electrons. The van der Waals surface area contributed by atoms with Crippen LogP contribution in [0, 0.1) is 0 Å². The van der Waals surface area contributed by atoms with Gasteiger partial charge in [0.25, 0.3) is 0 Å². The van der Waals surface area contributed by atoms with Crippen molar-refractivity contribution in [3.05, 3.63) is 76.6 Å². The number of nitrogens with zero attached hydrogens (tertiary/aromatic N) is 5. The average molecular weight is 778 g/mol. The van der Waals surface area contributed by atoms with E-state index in [1.165, 1.54) is 17.3 Å². The molecule has 0 spiro atoms. The molecule has 1 saturated heterocycles. The zero-order valence-electron chi connectivity index (χ0n) is 28.8. The molecule has 2 aromatic carbocycles. The Bertz CT molecular complexity index is 1750. The smallest absolute Gasteiger partial charge is 0.416 e. The van der Waals surface area contributed by atoms with Gasteiger partial charge in [-0.05, 0) is 73.2 Å². The van der Waals surface area contributed by atoms with Gasteiger partial charge in [-0.25, -0.2) is 14.8 Å². The molecule has 2 aliphatic rings. The minimum Gasteiger partial charge on any atom is -0.481 e. The topological polar surface area (TPSA) is 108 Å².